The Kier molecular flexibility index (Phi) is 3.73. The molecule has 0 spiro atoms. The Morgan fingerprint density at radius 3 is 2.91 bits per heavy atom. The van der Waals surface area contributed by atoms with Crippen LogP contribution in [0.4, 0.5) is 5.69 Å². The Labute approximate surface area is 133 Å². The van der Waals surface area contributed by atoms with Crippen molar-refractivity contribution in [1.29, 1.82) is 0 Å². The molecule has 6 nitrogen and oxygen atoms in total. The van der Waals surface area contributed by atoms with Crippen molar-refractivity contribution in [2.75, 3.05) is 5.32 Å². The fraction of sp³-hybridized carbons (Fsp3) is 0.235. The molecule has 0 radical (unpaired) electrons. The van der Waals surface area contributed by atoms with Crippen molar-refractivity contribution >= 4 is 17.5 Å². The molecule has 0 fully saturated rings. The van der Waals surface area contributed by atoms with Crippen molar-refractivity contribution in [3.05, 3.63) is 53.9 Å². The number of ether oxygens (including phenoxy) is 1. The number of anilines is 1. The van der Waals surface area contributed by atoms with Crippen molar-refractivity contribution < 1.29 is 14.3 Å². The third-order valence-electron chi connectivity index (χ3n) is 3.72. The molecule has 1 aromatic heterocycles. The number of aryl methyl sites for hydroxylation is 1. The number of hydrogen-bond acceptors (Lipinski definition) is 4. The van der Waals surface area contributed by atoms with E-state index in [0.29, 0.717) is 17.1 Å². The van der Waals surface area contributed by atoms with Gasteiger partial charge in [-0.25, -0.2) is 0 Å². The number of benzene rings is 1. The molecule has 1 aliphatic heterocycles. The predicted molar refractivity (Wildman–Crippen MR) is 84.9 cm³/mol. The molecular formula is C17H17N3O3. The fourth-order valence-electron chi connectivity index (χ4n) is 2.33. The summed E-state index contributed by atoms with van der Waals surface area (Å²) in [6.07, 6.45) is 1.64. The van der Waals surface area contributed by atoms with Crippen LogP contribution in [0.2, 0.25) is 0 Å². The molecule has 1 atom stereocenters. The van der Waals surface area contributed by atoms with Crippen molar-refractivity contribution in [2.24, 2.45) is 0 Å². The van der Waals surface area contributed by atoms with Crippen LogP contribution in [0.5, 0.6) is 5.75 Å². The molecular weight excluding hydrogens is 294 g/mol. The van der Waals surface area contributed by atoms with Gasteiger partial charge in [0, 0.05) is 6.20 Å². The van der Waals surface area contributed by atoms with E-state index in [-0.39, 0.29) is 6.54 Å². The van der Waals surface area contributed by atoms with Crippen LogP contribution in [0.1, 0.15) is 18.2 Å². The highest BCUT2D eigenvalue weighted by molar-refractivity contribution is 6.15. The number of rotatable bonds is 3. The first-order valence-corrected chi connectivity index (χ1v) is 7.28. The summed E-state index contributed by atoms with van der Waals surface area (Å²) in [4.78, 5) is 28.9. The van der Waals surface area contributed by atoms with Crippen LogP contribution in [-0.4, -0.2) is 22.4 Å². The highest BCUT2D eigenvalue weighted by atomic mass is 16.5. The fourth-order valence-corrected chi connectivity index (χ4v) is 2.33. The SMILES string of the molecule is Cc1ccc2c(c1)NC(=O)[C@](C)(C(=O)NCc1ccccn1)O2. The summed E-state index contributed by atoms with van der Waals surface area (Å²) >= 11 is 0. The molecule has 118 valence electrons. The zero-order valence-electron chi connectivity index (χ0n) is 12.9. The average Bonchev–Trinajstić information content (AvgIpc) is 2.55. The molecule has 2 amide bonds. The summed E-state index contributed by atoms with van der Waals surface area (Å²) in [6, 6.07) is 10.8. The van der Waals surface area contributed by atoms with Gasteiger partial charge in [-0.15, -0.1) is 0 Å². The van der Waals surface area contributed by atoms with E-state index < -0.39 is 17.4 Å². The first kappa shape index (κ1) is 15.0. The third-order valence-corrected chi connectivity index (χ3v) is 3.72. The second kappa shape index (κ2) is 5.72. The van der Waals surface area contributed by atoms with Gasteiger partial charge in [0.15, 0.2) is 0 Å². The van der Waals surface area contributed by atoms with E-state index in [2.05, 4.69) is 15.6 Å². The highest BCUT2D eigenvalue weighted by Crippen LogP contribution is 2.34. The van der Waals surface area contributed by atoms with Gasteiger partial charge in [0.05, 0.1) is 17.9 Å². The lowest BCUT2D eigenvalue weighted by atomic mass is 10.0. The Bertz CT molecular complexity index is 761. The number of nitrogens with zero attached hydrogens (tertiary/aromatic N) is 1. The predicted octanol–water partition coefficient (Wildman–Crippen LogP) is 1.80. The van der Waals surface area contributed by atoms with Crippen LogP contribution in [0.15, 0.2) is 42.6 Å². The molecule has 0 saturated carbocycles. The van der Waals surface area contributed by atoms with Gasteiger partial charge in [-0.1, -0.05) is 12.1 Å². The van der Waals surface area contributed by atoms with Gasteiger partial charge >= 0.3 is 0 Å². The smallest absolute Gasteiger partial charge is 0.278 e. The van der Waals surface area contributed by atoms with Gasteiger partial charge in [-0.2, -0.15) is 0 Å². The normalized spacial score (nSPS) is 19.3. The second-order valence-electron chi connectivity index (χ2n) is 5.59. The largest absolute Gasteiger partial charge is 0.466 e. The summed E-state index contributed by atoms with van der Waals surface area (Å²) < 4.78 is 5.69. The Morgan fingerprint density at radius 1 is 1.35 bits per heavy atom. The molecule has 3 rings (SSSR count). The van der Waals surface area contributed by atoms with Gasteiger partial charge in [-0.05, 0) is 43.7 Å². The van der Waals surface area contributed by atoms with Gasteiger partial charge in [0.1, 0.15) is 5.75 Å². The lowest BCUT2D eigenvalue weighted by molar-refractivity contribution is -0.146. The number of nitrogens with one attached hydrogen (secondary N) is 2. The molecule has 1 aromatic carbocycles. The van der Waals surface area contributed by atoms with Crippen molar-refractivity contribution in [1.82, 2.24) is 10.3 Å². The van der Waals surface area contributed by atoms with E-state index in [1.54, 1.807) is 30.5 Å². The molecule has 23 heavy (non-hydrogen) atoms. The summed E-state index contributed by atoms with van der Waals surface area (Å²) in [5.74, 6) is -0.522. The standard InChI is InChI=1S/C17H17N3O3/c1-11-6-7-14-13(9-11)20-16(22)17(2,23-14)15(21)19-10-12-5-3-4-8-18-12/h3-9H,10H2,1-2H3,(H,19,21)(H,20,22)/t17-/m0/s1. The van der Waals surface area contributed by atoms with Crippen LogP contribution >= 0.6 is 0 Å². The minimum absolute atomic E-state index is 0.229. The molecule has 2 aromatic rings. The third kappa shape index (κ3) is 2.88. The van der Waals surface area contributed by atoms with Crippen LogP contribution in [0, 0.1) is 6.92 Å². The molecule has 0 bridgehead atoms. The number of carbonyl (C=O) groups excluding carboxylic acids is 2. The maximum absolute atomic E-state index is 12.5. The highest BCUT2D eigenvalue weighted by Gasteiger charge is 2.47. The topological polar surface area (TPSA) is 80.3 Å². The number of fused-ring (bicyclic) bond motifs is 1. The molecule has 0 unspecified atom stereocenters. The Hall–Kier alpha value is -2.89. The van der Waals surface area contributed by atoms with Gasteiger partial charge in [-0.3, -0.25) is 14.6 Å². The summed E-state index contributed by atoms with van der Waals surface area (Å²) in [7, 11) is 0. The van der Waals surface area contributed by atoms with E-state index >= 15 is 0 Å². The first-order valence-electron chi connectivity index (χ1n) is 7.28. The van der Waals surface area contributed by atoms with Gasteiger partial charge in [0.2, 0.25) is 0 Å². The number of aromatic nitrogens is 1. The van der Waals surface area contributed by atoms with Gasteiger partial charge < -0.3 is 15.4 Å². The van der Waals surface area contributed by atoms with Crippen LogP contribution in [0.25, 0.3) is 0 Å². The lowest BCUT2D eigenvalue weighted by Gasteiger charge is -2.33. The molecule has 6 heteroatoms. The Balaban J connectivity index is 1.77. The summed E-state index contributed by atoms with van der Waals surface area (Å²) in [5.41, 5.74) is 0.661. The van der Waals surface area contributed by atoms with Crippen LogP contribution in [-0.2, 0) is 16.1 Å². The van der Waals surface area contributed by atoms with Crippen LogP contribution < -0.4 is 15.4 Å². The maximum atomic E-state index is 12.5. The summed E-state index contributed by atoms with van der Waals surface area (Å²) in [6.45, 7) is 3.60. The lowest BCUT2D eigenvalue weighted by Crippen LogP contribution is -2.58. The van der Waals surface area contributed by atoms with Crippen molar-refractivity contribution in [3.63, 3.8) is 0 Å². The molecule has 0 saturated heterocycles. The number of carbonyl (C=O) groups is 2. The number of hydrogen-bond donors (Lipinski definition) is 2. The second-order valence-corrected chi connectivity index (χ2v) is 5.59. The van der Waals surface area contributed by atoms with E-state index in [1.807, 2.05) is 19.1 Å². The van der Waals surface area contributed by atoms with E-state index in [1.165, 1.54) is 6.92 Å². The minimum Gasteiger partial charge on any atom is -0.466 e. The van der Waals surface area contributed by atoms with E-state index in [9.17, 15) is 9.59 Å². The Morgan fingerprint density at radius 2 is 2.17 bits per heavy atom. The van der Waals surface area contributed by atoms with E-state index in [4.69, 9.17) is 4.74 Å². The number of pyridine rings is 1. The average molecular weight is 311 g/mol. The first-order chi connectivity index (χ1) is 11.0. The maximum Gasteiger partial charge on any atom is 0.278 e. The quantitative estimate of drug-likeness (QED) is 0.847. The number of amides is 2. The van der Waals surface area contributed by atoms with Crippen molar-refractivity contribution in [2.45, 2.75) is 26.0 Å². The van der Waals surface area contributed by atoms with Crippen molar-refractivity contribution in [3.8, 4) is 5.75 Å². The van der Waals surface area contributed by atoms with E-state index in [0.717, 1.165) is 5.56 Å². The van der Waals surface area contributed by atoms with Gasteiger partial charge in [0.25, 0.3) is 17.4 Å². The molecule has 0 aliphatic carbocycles. The molecule has 1 aliphatic rings. The zero-order valence-corrected chi connectivity index (χ0v) is 12.9. The van der Waals surface area contributed by atoms with Crippen LogP contribution in [0.3, 0.4) is 0 Å². The summed E-state index contributed by atoms with van der Waals surface area (Å²) in [5, 5.41) is 5.42. The molecule has 2 heterocycles. The monoisotopic (exact) mass is 311 g/mol. The zero-order chi connectivity index (χ0) is 16.4. The minimum atomic E-state index is -1.61. The molecule has 2 N–H and O–H groups in total.